The summed E-state index contributed by atoms with van der Waals surface area (Å²) in [5.41, 5.74) is 0. The van der Waals surface area contributed by atoms with E-state index >= 15 is 0 Å². The van der Waals surface area contributed by atoms with Crippen molar-refractivity contribution in [2.75, 3.05) is 33.4 Å². The maximum Gasteiger partial charge on any atom is 0.325 e. The second-order valence-corrected chi connectivity index (χ2v) is 3.92. The average molecular weight is 244 g/mol. The van der Waals surface area contributed by atoms with Gasteiger partial charge in [-0.1, -0.05) is 0 Å². The largest absolute Gasteiger partial charge is 0.468 e. The Balaban J connectivity index is 2.01. The van der Waals surface area contributed by atoms with Crippen LogP contribution in [-0.2, 0) is 19.1 Å². The third-order valence-corrected chi connectivity index (χ3v) is 2.63. The van der Waals surface area contributed by atoms with Crippen LogP contribution in [0.5, 0.6) is 0 Å². The first-order valence-electron chi connectivity index (χ1n) is 5.88. The molecule has 0 unspecified atom stereocenters. The summed E-state index contributed by atoms with van der Waals surface area (Å²) in [7, 11) is 1.29. The maximum absolute atomic E-state index is 11.3. The lowest BCUT2D eigenvalue weighted by atomic mass is 10.1. The van der Waals surface area contributed by atoms with E-state index in [-0.39, 0.29) is 25.0 Å². The summed E-state index contributed by atoms with van der Waals surface area (Å²) in [6.45, 7) is 2.26. The van der Waals surface area contributed by atoms with Gasteiger partial charge in [-0.3, -0.25) is 9.59 Å². The smallest absolute Gasteiger partial charge is 0.325 e. The number of ether oxygens (including phenoxy) is 2. The first-order chi connectivity index (χ1) is 8.22. The minimum absolute atomic E-state index is 0.0807. The molecule has 6 nitrogen and oxygen atoms in total. The van der Waals surface area contributed by atoms with Gasteiger partial charge >= 0.3 is 5.97 Å². The number of carbonyl (C=O) groups is 2. The Morgan fingerprint density at radius 2 is 2.06 bits per heavy atom. The molecule has 1 rings (SSSR count). The number of amides is 1. The van der Waals surface area contributed by atoms with Crippen molar-refractivity contribution < 1.29 is 19.1 Å². The molecule has 0 bridgehead atoms. The highest BCUT2D eigenvalue weighted by Crippen LogP contribution is 2.07. The van der Waals surface area contributed by atoms with Crippen LogP contribution in [0.15, 0.2) is 0 Å². The molecule has 1 aliphatic heterocycles. The van der Waals surface area contributed by atoms with Gasteiger partial charge in [-0.15, -0.1) is 0 Å². The highest BCUT2D eigenvalue weighted by atomic mass is 16.5. The van der Waals surface area contributed by atoms with Gasteiger partial charge in [0.25, 0.3) is 0 Å². The van der Waals surface area contributed by atoms with Crippen LogP contribution in [0.4, 0.5) is 0 Å². The SMILES string of the molecule is COC(=O)CNC(=O)CCOC1CCNCC1. The van der Waals surface area contributed by atoms with Crippen LogP contribution in [0, 0.1) is 0 Å². The summed E-state index contributed by atoms with van der Waals surface area (Å²) in [6.07, 6.45) is 2.51. The van der Waals surface area contributed by atoms with Crippen LogP contribution >= 0.6 is 0 Å². The molecule has 2 N–H and O–H groups in total. The first-order valence-corrected chi connectivity index (χ1v) is 5.88. The van der Waals surface area contributed by atoms with Crippen LogP contribution in [0.3, 0.4) is 0 Å². The van der Waals surface area contributed by atoms with E-state index in [1.165, 1.54) is 7.11 Å². The summed E-state index contributed by atoms with van der Waals surface area (Å²) in [5.74, 6) is -0.637. The molecule has 0 spiro atoms. The zero-order valence-corrected chi connectivity index (χ0v) is 10.2. The summed E-state index contributed by atoms with van der Waals surface area (Å²) in [6, 6.07) is 0. The second kappa shape index (κ2) is 8.03. The van der Waals surface area contributed by atoms with E-state index in [0.29, 0.717) is 6.61 Å². The molecule has 0 aromatic rings. The zero-order valence-electron chi connectivity index (χ0n) is 10.2. The van der Waals surface area contributed by atoms with E-state index in [4.69, 9.17) is 4.74 Å². The summed E-state index contributed by atoms with van der Waals surface area (Å²) in [4.78, 5) is 22.1. The Labute approximate surface area is 101 Å². The van der Waals surface area contributed by atoms with E-state index in [1.54, 1.807) is 0 Å². The predicted octanol–water partition coefficient (Wildman–Crippen LogP) is -0.566. The van der Waals surface area contributed by atoms with Crippen LogP contribution in [0.25, 0.3) is 0 Å². The molecule has 17 heavy (non-hydrogen) atoms. The number of piperidine rings is 1. The van der Waals surface area contributed by atoms with E-state index in [1.807, 2.05) is 0 Å². The molecule has 0 aromatic heterocycles. The Kier molecular flexibility index (Phi) is 6.57. The molecule has 0 saturated carbocycles. The number of hydrogen-bond donors (Lipinski definition) is 2. The van der Waals surface area contributed by atoms with Gasteiger partial charge < -0.3 is 20.1 Å². The lowest BCUT2D eigenvalue weighted by Gasteiger charge is -2.22. The summed E-state index contributed by atoms with van der Waals surface area (Å²) >= 11 is 0. The number of methoxy groups -OCH3 is 1. The van der Waals surface area contributed by atoms with Crippen LogP contribution < -0.4 is 10.6 Å². The molecule has 0 radical (unpaired) electrons. The topological polar surface area (TPSA) is 76.7 Å². The second-order valence-electron chi connectivity index (χ2n) is 3.92. The summed E-state index contributed by atoms with van der Waals surface area (Å²) in [5, 5.41) is 5.71. The van der Waals surface area contributed by atoms with Crippen molar-refractivity contribution in [3.05, 3.63) is 0 Å². The molecule has 1 heterocycles. The quantitative estimate of drug-likeness (QED) is 0.612. The molecular weight excluding hydrogens is 224 g/mol. The van der Waals surface area contributed by atoms with Gasteiger partial charge in [0.05, 0.1) is 19.8 Å². The number of esters is 1. The van der Waals surface area contributed by atoms with Gasteiger partial charge in [-0.05, 0) is 25.9 Å². The monoisotopic (exact) mass is 244 g/mol. The van der Waals surface area contributed by atoms with Crippen molar-refractivity contribution in [2.24, 2.45) is 0 Å². The number of nitrogens with one attached hydrogen (secondary N) is 2. The van der Waals surface area contributed by atoms with E-state index < -0.39 is 5.97 Å². The Bertz CT molecular complexity index is 252. The molecule has 1 fully saturated rings. The molecule has 1 amide bonds. The van der Waals surface area contributed by atoms with E-state index in [2.05, 4.69) is 15.4 Å². The lowest BCUT2D eigenvalue weighted by molar-refractivity contribution is -0.141. The highest BCUT2D eigenvalue weighted by Gasteiger charge is 2.13. The van der Waals surface area contributed by atoms with Gasteiger partial charge in [0.15, 0.2) is 0 Å². The van der Waals surface area contributed by atoms with Crippen molar-refractivity contribution in [1.29, 1.82) is 0 Å². The normalized spacial score (nSPS) is 16.5. The molecule has 0 aliphatic carbocycles. The Morgan fingerprint density at radius 1 is 1.35 bits per heavy atom. The van der Waals surface area contributed by atoms with Crippen molar-refractivity contribution in [2.45, 2.75) is 25.4 Å². The molecule has 0 atom stereocenters. The Morgan fingerprint density at radius 3 is 2.71 bits per heavy atom. The van der Waals surface area contributed by atoms with Crippen molar-refractivity contribution in [3.63, 3.8) is 0 Å². The fraction of sp³-hybridized carbons (Fsp3) is 0.818. The fourth-order valence-corrected chi connectivity index (χ4v) is 1.61. The maximum atomic E-state index is 11.3. The van der Waals surface area contributed by atoms with E-state index in [0.717, 1.165) is 25.9 Å². The minimum Gasteiger partial charge on any atom is -0.468 e. The van der Waals surface area contributed by atoms with Crippen LogP contribution in [-0.4, -0.2) is 51.3 Å². The molecule has 6 heteroatoms. The van der Waals surface area contributed by atoms with Gasteiger partial charge in [-0.25, -0.2) is 0 Å². The molecular formula is C11H20N2O4. The third kappa shape index (κ3) is 6.23. The Hall–Kier alpha value is -1.14. The van der Waals surface area contributed by atoms with Gasteiger partial charge in [0.2, 0.25) is 5.91 Å². The summed E-state index contributed by atoms with van der Waals surface area (Å²) < 4.78 is 9.98. The van der Waals surface area contributed by atoms with Gasteiger partial charge in [-0.2, -0.15) is 0 Å². The number of rotatable bonds is 6. The molecule has 0 aromatic carbocycles. The van der Waals surface area contributed by atoms with Gasteiger partial charge in [0.1, 0.15) is 6.54 Å². The molecule has 98 valence electrons. The lowest BCUT2D eigenvalue weighted by Crippen LogP contribution is -2.34. The van der Waals surface area contributed by atoms with Crippen LogP contribution in [0.2, 0.25) is 0 Å². The first kappa shape index (κ1) is 13.9. The molecule has 1 saturated heterocycles. The standard InChI is InChI=1S/C11H20N2O4/c1-16-11(15)8-13-10(14)4-7-17-9-2-5-12-6-3-9/h9,12H,2-8H2,1H3,(H,13,14). The number of hydrogen-bond acceptors (Lipinski definition) is 5. The zero-order chi connectivity index (χ0) is 12.5. The minimum atomic E-state index is -0.447. The van der Waals surface area contributed by atoms with Crippen molar-refractivity contribution >= 4 is 11.9 Å². The fourth-order valence-electron chi connectivity index (χ4n) is 1.61. The highest BCUT2D eigenvalue weighted by molar-refractivity contribution is 5.81. The van der Waals surface area contributed by atoms with Crippen molar-refractivity contribution in [1.82, 2.24) is 10.6 Å². The average Bonchev–Trinajstić information content (AvgIpc) is 2.37. The third-order valence-electron chi connectivity index (χ3n) is 2.63. The van der Waals surface area contributed by atoms with Crippen LogP contribution in [0.1, 0.15) is 19.3 Å². The predicted molar refractivity (Wildman–Crippen MR) is 61.5 cm³/mol. The van der Waals surface area contributed by atoms with E-state index in [9.17, 15) is 9.59 Å². The van der Waals surface area contributed by atoms with Gasteiger partial charge in [0, 0.05) is 6.42 Å². The number of carbonyl (C=O) groups excluding carboxylic acids is 2. The van der Waals surface area contributed by atoms with Crippen molar-refractivity contribution in [3.8, 4) is 0 Å². The molecule has 1 aliphatic rings.